The van der Waals surface area contributed by atoms with Crippen LogP contribution < -0.4 is 10.4 Å². The van der Waals surface area contributed by atoms with Crippen molar-refractivity contribution in [1.82, 2.24) is 14.8 Å². The van der Waals surface area contributed by atoms with Gasteiger partial charge in [-0.15, -0.1) is 10.2 Å². The molecule has 1 N–H and O–H groups in total. The topological polar surface area (TPSA) is 124 Å². The van der Waals surface area contributed by atoms with Crippen LogP contribution in [0, 0.1) is 17.1 Å². The molecule has 1 fully saturated rings. The molecule has 0 bridgehead atoms. The number of aromatic nitrogens is 3. The van der Waals surface area contributed by atoms with Gasteiger partial charge in [-0.05, 0) is 54.7 Å². The maximum atomic E-state index is 14.1. The van der Waals surface area contributed by atoms with E-state index in [1.165, 1.54) is 18.2 Å². The molecule has 0 atom stereocenters. The van der Waals surface area contributed by atoms with Gasteiger partial charge in [0.15, 0.2) is 11.5 Å². The first kappa shape index (κ1) is 18.3. The number of anilines is 1. The molecule has 0 unspecified atom stereocenters. The Morgan fingerprint density at radius 1 is 1.24 bits per heavy atom. The van der Waals surface area contributed by atoms with Gasteiger partial charge in [-0.2, -0.15) is 5.26 Å². The summed E-state index contributed by atoms with van der Waals surface area (Å²) in [4.78, 5) is 23.8. The van der Waals surface area contributed by atoms with Gasteiger partial charge in [-0.3, -0.25) is 4.79 Å². The fourth-order valence-corrected chi connectivity index (χ4v) is 2.95. The van der Waals surface area contributed by atoms with Gasteiger partial charge in [-0.1, -0.05) is 0 Å². The van der Waals surface area contributed by atoms with E-state index in [1.54, 1.807) is 23.0 Å². The largest absolute Gasteiger partial charge is 0.545 e. The van der Waals surface area contributed by atoms with E-state index in [2.05, 4.69) is 15.5 Å². The zero-order chi connectivity index (χ0) is 20.5. The predicted octanol–water partition coefficient (Wildman–Crippen LogP) is 1.77. The molecule has 2 aromatic heterocycles. The van der Waals surface area contributed by atoms with Crippen molar-refractivity contribution >= 4 is 17.6 Å². The molecule has 3 aromatic rings. The summed E-state index contributed by atoms with van der Waals surface area (Å²) < 4.78 is 15.7. The van der Waals surface area contributed by atoms with Crippen molar-refractivity contribution in [2.75, 3.05) is 5.32 Å². The lowest BCUT2D eigenvalue weighted by Crippen LogP contribution is -2.25. The average molecular weight is 390 g/mol. The molecule has 2 heterocycles. The molecule has 1 amide bonds. The van der Waals surface area contributed by atoms with Crippen molar-refractivity contribution in [3.05, 3.63) is 70.9 Å². The van der Waals surface area contributed by atoms with E-state index in [4.69, 9.17) is 5.26 Å². The van der Waals surface area contributed by atoms with E-state index in [0.717, 1.165) is 18.9 Å². The van der Waals surface area contributed by atoms with Crippen LogP contribution in [-0.4, -0.2) is 26.6 Å². The smallest absolute Gasteiger partial charge is 0.276 e. The Labute approximate surface area is 164 Å². The van der Waals surface area contributed by atoms with E-state index < -0.39 is 23.3 Å². The summed E-state index contributed by atoms with van der Waals surface area (Å²) in [6.07, 6.45) is 4.82. The number of carboxylic acid groups (broad SMARTS) is 1. The van der Waals surface area contributed by atoms with E-state index >= 15 is 0 Å². The summed E-state index contributed by atoms with van der Waals surface area (Å²) in [7, 11) is 0. The number of benzene rings is 1. The fourth-order valence-electron chi connectivity index (χ4n) is 2.95. The van der Waals surface area contributed by atoms with Crippen molar-refractivity contribution in [3.8, 4) is 11.9 Å². The molecule has 0 saturated heterocycles. The first-order chi connectivity index (χ1) is 14.0. The van der Waals surface area contributed by atoms with Gasteiger partial charge < -0.3 is 19.8 Å². The lowest BCUT2D eigenvalue weighted by molar-refractivity contribution is -0.254. The SMILES string of the molecule is N#Cc1ccn(-c2ccc(C(=O)Nc3cc(C4CC4)c(F)cc3C(=O)[O-])nn2)c1. The standard InChI is InChI=1S/C20H14FN5O3/c21-15-7-14(20(28)29)17(8-13(15)12-1-2-12)23-19(27)16-3-4-18(25-24-16)26-6-5-11(9-22)10-26/h3-8,10,12H,1-2H2,(H,23,27)(H,28,29)/p-1. The van der Waals surface area contributed by atoms with Gasteiger partial charge in [0.05, 0.1) is 17.2 Å². The van der Waals surface area contributed by atoms with Crippen molar-refractivity contribution in [2.45, 2.75) is 18.8 Å². The molecule has 1 saturated carbocycles. The highest BCUT2D eigenvalue weighted by Gasteiger charge is 2.28. The molecule has 9 heteroatoms. The van der Waals surface area contributed by atoms with Crippen LogP contribution in [0.1, 0.15) is 50.7 Å². The Morgan fingerprint density at radius 2 is 2.03 bits per heavy atom. The molecule has 8 nitrogen and oxygen atoms in total. The maximum Gasteiger partial charge on any atom is 0.276 e. The monoisotopic (exact) mass is 390 g/mol. The second kappa shape index (κ2) is 7.16. The summed E-state index contributed by atoms with van der Waals surface area (Å²) in [5, 5.41) is 30.4. The first-order valence-electron chi connectivity index (χ1n) is 8.74. The Balaban J connectivity index is 1.58. The van der Waals surface area contributed by atoms with E-state index in [-0.39, 0.29) is 17.3 Å². The molecular weight excluding hydrogens is 377 g/mol. The maximum absolute atomic E-state index is 14.1. The second-order valence-corrected chi connectivity index (χ2v) is 6.63. The van der Waals surface area contributed by atoms with Crippen LogP contribution in [0.15, 0.2) is 42.7 Å². The lowest BCUT2D eigenvalue weighted by Gasteiger charge is -2.14. The second-order valence-electron chi connectivity index (χ2n) is 6.63. The van der Waals surface area contributed by atoms with Gasteiger partial charge in [0.25, 0.3) is 5.91 Å². The van der Waals surface area contributed by atoms with Crippen LogP contribution in [-0.2, 0) is 0 Å². The Bertz CT molecular complexity index is 1160. The zero-order valence-electron chi connectivity index (χ0n) is 14.9. The number of hydrogen-bond acceptors (Lipinski definition) is 6. The normalized spacial score (nSPS) is 13.0. The third-order valence-corrected chi connectivity index (χ3v) is 4.59. The number of rotatable bonds is 5. The zero-order valence-corrected chi connectivity index (χ0v) is 14.9. The molecule has 0 aliphatic heterocycles. The van der Waals surface area contributed by atoms with Crippen LogP contribution >= 0.6 is 0 Å². The highest BCUT2D eigenvalue weighted by molar-refractivity contribution is 6.06. The number of hydrogen-bond donors (Lipinski definition) is 1. The summed E-state index contributed by atoms with van der Waals surface area (Å²) >= 11 is 0. The Hall–Kier alpha value is -4.06. The fraction of sp³-hybridized carbons (Fsp3) is 0.150. The quantitative estimate of drug-likeness (QED) is 0.708. The third-order valence-electron chi connectivity index (χ3n) is 4.59. The molecular formula is C20H13FN5O3-. The predicted molar refractivity (Wildman–Crippen MR) is 96.7 cm³/mol. The van der Waals surface area contributed by atoms with Gasteiger partial charge in [0.1, 0.15) is 11.9 Å². The summed E-state index contributed by atoms with van der Waals surface area (Å²) in [5.41, 5.74) is 0.274. The molecule has 0 spiro atoms. The highest BCUT2D eigenvalue weighted by Crippen LogP contribution is 2.42. The number of carboxylic acids is 1. The highest BCUT2D eigenvalue weighted by atomic mass is 19.1. The number of carbonyl (C=O) groups excluding carboxylic acids is 2. The number of amides is 1. The molecule has 1 aliphatic rings. The number of carbonyl (C=O) groups is 2. The van der Waals surface area contributed by atoms with Crippen molar-refractivity contribution in [2.24, 2.45) is 0 Å². The average Bonchev–Trinajstić information content (AvgIpc) is 3.45. The van der Waals surface area contributed by atoms with Crippen LogP contribution in [0.2, 0.25) is 0 Å². The number of halogens is 1. The van der Waals surface area contributed by atoms with Crippen LogP contribution in [0.4, 0.5) is 10.1 Å². The molecule has 0 radical (unpaired) electrons. The number of aromatic carboxylic acids is 1. The molecule has 4 rings (SSSR count). The Kier molecular flexibility index (Phi) is 4.52. The lowest BCUT2D eigenvalue weighted by atomic mass is 10.0. The summed E-state index contributed by atoms with van der Waals surface area (Å²) in [6, 6.07) is 8.75. The minimum atomic E-state index is -1.59. The van der Waals surface area contributed by atoms with Gasteiger partial charge in [0, 0.05) is 18.0 Å². The number of nitrogens with one attached hydrogen (secondary N) is 1. The van der Waals surface area contributed by atoms with E-state index in [9.17, 15) is 19.1 Å². The molecule has 1 aromatic carbocycles. The van der Waals surface area contributed by atoms with E-state index in [1.807, 2.05) is 6.07 Å². The van der Waals surface area contributed by atoms with Gasteiger partial charge in [0.2, 0.25) is 0 Å². The number of nitrogens with zero attached hydrogens (tertiary/aromatic N) is 4. The van der Waals surface area contributed by atoms with Crippen LogP contribution in [0.5, 0.6) is 0 Å². The van der Waals surface area contributed by atoms with Crippen molar-refractivity contribution < 1.29 is 19.1 Å². The third kappa shape index (κ3) is 3.68. The van der Waals surface area contributed by atoms with Crippen molar-refractivity contribution in [3.63, 3.8) is 0 Å². The first-order valence-corrected chi connectivity index (χ1v) is 8.74. The van der Waals surface area contributed by atoms with Gasteiger partial charge >= 0.3 is 0 Å². The molecule has 1 aliphatic carbocycles. The minimum Gasteiger partial charge on any atom is -0.545 e. The summed E-state index contributed by atoms with van der Waals surface area (Å²) in [5.74, 6) is -2.48. The summed E-state index contributed by atoms with van der Waals surface area (Å²) in [6.45, 7) is 0. The molecule has 144 valence electrons. The number of nitriles is 1. The van der Waals surface area contributed by atoms with E-state index in [0.29, 0.717) is 16.9 Å². The van der Waals surface area contributed by atoms with Crippen molar-refractivity contribution in [1.29, 1.82) is 5.26 Å². The van der Waals surface area contributed by atoms with Crippen LogP contribution in [0.3, 0.4) is 0 Å². The molecule has 29 heavy (non-hydrogen) atoms. The Morgan fingerprint density at radius 3 is 2.62 bits per heavy atom. The van der Waals surface area contributed by atoms with Gasteiger partial charge in [-0.25, -0.2) is 4.39 Å². The van der Waals surface area contributed by atoms with Crippen LogP contribution in [0.25, 0.3) is 5.82 Å². The minimum absolute atomic E-state index is 0.0282.